The third-order valence-electron chi connectivity index (χ3n) is 2.63. The second kappa shape index (κ2) is 32.3. The summed E-state index contributed by atoms with van der Waals surface area (Å²) in [5, 5.41) is 0. The van der Waals surface area contributed by atoms with E-state index in [2.05, 4.69) is 33.6 Å². The van der Waals surface area contributed by atoms with E-state index < -0.39 is 0 Å². The molecule has 0 bridgehead atoms. The standard InChI is InChI=1S/C12H27P.2C4H.Pt/c1-4-7-10-13(11-8-5-2)12-9-6-3;2*1-3-4-2;/h4-12H2,1-3H3;2*1H;/q;2*-1;+2. The first-order chi connectivity index (χ1) is 10.2. The Morgan fingerprint density at radius 1 is 0.727 bits per heavy atom. The van der Waals surface area contributed by atoms with Gasteiger partial charge in [-0.3, -0.25) is 23.7 Å². The summed E-state index contributed by atoms with van der Waals surface area (Å²) in [5.41, 5.74) is 0. The molecule has 0 unspecified atom stereocenters. The van der Waals surface area contributed by atoms with Crippen LogP contribution in [0.2, 0.25) is 0 Å². The van der Waals surface area contributed by atoms with Crippen molar-refractivity contribution in [2.45, 2.75) is 59.3 Å². The van der Waals surface area contributed by atoms with Gasteiger partial charge in [0, 0.05) is 0 Å². The minimum atomic E-state index is 0. The van der Waals surface area contributed by atoms with Crippen molar-refractivity contribution in [1.82, 2.24) is 0 Å². The first-order valence-corrected chi connectivity index (χ1v) is 9.54. The molecule has 22 heavy (non-hydrogen) atoms. The van der Waals surface area contributed by atoms with Crippen molar-refractivity contribution >= 4 is 7.92 Å². The molecule has 0 amide bonds. The first kappa shape index (κ1) is 29.4. The normalized spacial score (nSPS) is 7.45. The summed E-state index contributed by atoms with van der Waals surface area (Å²) in [6, 6.07) is 0. The molecule has 0 radical (unpaired) electrons. The summed E-state index contributed by atoms with van der Waals surface area (Å²) in [7, 11) is 0.422. The molecular weight excluding hydrogens is 466 g/mol. The number of unbranched alkanes of at least 4 members (excludes halogenated alkanes) is 3. The molecule has 0 atom stereocenters. The van der Waals surface area contributed by atoms with E-state index in [-0.39, 0.29) is 21.1 Å². The molecule has 0 heterocycles. The quantitative estimate of drug-likeness (QED) is 0.232. The summed E-state index contributed by atoms with van der Waals surface area (Å²) in [6.45, 7) is 6.94. The number of terminal acetylenes is 2. The van der Waals surface area contributed by atoms with Crippen LogP contribution in [0.3, 0.4) is 0 Å². The van der Waals surface area contributed by atoms with Gasteiger partial charge in [-0.25, -0.2) is 12.8 Å². The van der Waals surface area contributed by atoms with E-state index in [4.69, 9.17) is 12.8 Å². The number of hydrogen-bond donors (Lipinski definition) is 0. The fourth-order valence-corrected chi connectivity index (χ4v) is 4.44. The molecule has 2 heteroatoms. The van der Waals surface area contributed by atoms with E-state index in [0.29, 0.717) is 7.92 Å². The molecule has 124 valence electrons. The minimum absolute atomic E-state index is 0. The van der Waals surface area contributed by atoms with Crippen LogP contribution in [-0.2, 0) is 21.1 Å². The van der Waals surface area contributed by atoms with Crippen molar-refractivity contribution in [1.29, 1.82) is 0 Å². The molecule has 0 aromatic heterocycles. The largest absolute Gasteiger partial charge is 2.00 e. The maximum absolute atomic E-state index is 5.97. The SMILES string of the molecule is CCCCP(CCCC)CCCC.[C-]#CC#C.[C-]#CC#C.[Pt+2]. The van der Waals surface area contributed by atoms with Gasteiger partial charge in [0.1, 0.15) is 0 Å². The summed E-state index contributed by atoms with van der Waals surface area (Å²) >= 11 is 0. The minimum Gasteiger partial charge on any atom is -0.358 e. The van der Waals surface area contributed by atoms with Gasteiger partial charge in [0.2, 0.25) is 0 Å². The molecule has 0 N–H and O–H groups in total. The molecule has 0 saturated carbocycles. The van der Waals surface area contributed by atoms with Gasteiger partial charge in [-0.05, 0) is 37.7 Å². The summed E-state index contributed by atoms with van der Waals surface area (Å²) in [4.78, 5) is 0. The van der Waals surface area contributed by atoms with E-state index in [1.54, 1.807) is 30.3 Å². The second-order valence-corrected chi connectivity index (χ2v) is 7.12. The molecule has 0 aromatic carbocycles. The molecule has 0 aliphatic carbocycles. The number of hydrogen-bond acceptors (Lipinski definition) is 0. The van der Waals surface area contributed by atoms with Crippen molar-refractivity contribution in [3.05, 3.63) is 12.8 Å². The van der Waals surface area contributed by atoms with Crippen LogP contribution < -0.4 is 0 Å². The summed E-state index contributed by atoms with van der Waals surface area (Å²) in [5.74, 6) is 7.11. The third-order valence-corrected chi connectivity index (χ3v) is 5.47. The zero-order valence-corrected chi connectivity index (χ0v) is 17.4. The topological polar surface area (TPSA) is 0 Å². The van der Waals surface area contributed by atoms with Crippen LogP contribution in [0.15, 0.2) is 0 Å². The van der Waals surface area contributed by atoms with Gasteiger partial charge in [-0.2, -0.15) is 0 Å². The third kappa shape index (κ3) is 36.6. The molecule has 0 aliphatic rings. The number of rotatable bonds is 9. The maximum atomic E-state index is 5.97. The molecule has 0 rings (SSSR count). The Kier molecular flexibility index (Phi) is 43.2. The predicted octanol–water partition coefficient (Wildman–Crippen LogP) is 5.28. The fraction of sp³-hybridized carbons (Fsp3) is 0.600. The Bertz CT molecular complexity index is 279. The van der Waals surface area contributed by atoms with Gasteiger partial charge in [-0.1, -0.05) is 40.0 Å². The van der Waals surface area contributed by atoms with E-state index in [9.17, 15) is 0 Å². The molecule has 0 aliphatic heterocycles. The average molecular weight is 496 g/mol. The Morgan fingerprint density at radius 2 is 0.955 bits per heavy atom. The molecule has 0 aromatic rings. The molecule has 0 spiro atoms. The van der Waals surface area contributed by atoms with Gasteiger partial charge in [0.15, 0.2) is 0 Å². The van der Waals surface area contributed by atoms with E-state index in [0.717, 1.165) is 0 Å². The Labute approximate surface area is 156 Å². The average Bonchev–Trinajstić information content (AvgIpc) is 2.54. The van der Waals surface area contributed by atoms with Crippen molar-refractivity contribution in [2.24, 2.45) is 0 Å². The van der Waals surface area contributed by atoms with Crippen LogP contribution in [0.5, 0.6) is 0 Å². The van der Waals surface area contributed by atoms with Crippen LogP contribution in [0.25, 0.3) is 0 Å². The maximum Gasteiger partial charge on any atom is 2.00 e. The van der Waals surface area contributed by atoms with Crippen LogP contribution in [0.1, 0.15) is 59.3 Å². The van der Waals surface area contributed by atoms with Crippen LogP contribution >= 0.6 is 7.92 Å². The van der Waals surface area contributed by atoms with Gasteiger partial charge in [0.25, 0.3) is 0 Å². The fourth-order valence-electron chi connectivity index (χ4n) is 1.48. The van der Waals surface area contributed by atoms with Gasteiger partial charge in [0.05, 0.1) is 0 Å². The van der Waals surface area contributed by atoms with E-state index in [1.165, 1.54) is 38.5 Å². The van der Waals surface area contributed by atoms with Gasteiger partial charge < -0.3 is 12.8 Å². The van der Waals surface area contributed by atoms with Crippen molar-refractivity contribution in [3.63, 3.8) is 0 Å². The Morgan fingerprint density at radius 3 is 1.09 bits per heavy atom. The molecule has 0 nitrogen and oxygen atoms in total. The van der Waals surface area contributed by atoms with Crippen LogP contribution in [0, 0.1) is 49.4 Å². The zero-order chi connectivity index (χ0) is 16.8. The summed E-state index contributed by atoms with van der Waals surface area (Å²) in [6.07, 6.45) is 34.1. The molecule has 0 fully saturated rings. The van der Waals surface area contributed by atoms with Crippen molar-refractivity contribution in [2.75, 3.05) is 18.5 Å². The molecule has 0 saturated heterocycles. The smallest absolute Gasteiger partial charge is 0.358 e. The predicted molar refractivity (Wildman–Crippen MR) is 98.2 cm³/mol. The van der Waals surface area contributed by atoms with Crippen LogP contribution in [-0.4, -0.2) is 18.5 Å². The van der Waals surface area contributed by atoms with E-state index in [1.807, 2.05) is 11.8 Å². The zero-order valence-electron chi connectivity index (χ0n) is 14.3. The van der Waals surface area contributed by atoms with Crippen molar-refractivity contribution < 1.29 is 21.1 Å². The van der Waals surface area contributed by atoms with Crippen molar-refractivity contribution in [3.8, 4) is 36.5 Å². The monoisotopic (exact) mass is 495 g/mol. The second-order valence-electron chi connectivity index (χ2n) is 4.44. The van der Waals surface area contributed by atoms with E-state index >= 15 is 0 Å². The molecular formula is C20H29PPt. The van der Waals surface area contributed by atoms with Gasteiger partial charge in [-0.15, -0.1) is 7.92 Å². The van der Waals surface area contributed by atoms with Crippen LogP contribution in [0.4, 0.5) is 0 Å². The summed E-state index contributed by atoms with van der Waals surface area (Å²) < 4.78 is 0. The van der Waals surface area contributed by atoms with Gasteiger partial charge >= 0.3 is 21.1 Å². The first-order valence-electron chi connectivity index (χ1n) is 7.65. The Balaban J connectivity index is -0.000000150. The Hall–Kier alpha value is -0.642.